The van der Waals surface area contributed by atoms with Crippen LogP contribution in [0.15, 0.2) is 53.6 Å². The summed E-state index contributed by atoms with van der Waals surface area (Å²) in [6.45, 7) is 0. The normalized spacial score (nSPS) is 11.8. The molecule has 0 spiro atoms. The van der Waals surface area contributed by atoms with Gasteiger partial charge in [0.1, 0.15) is 5.75 Å². The quantitative estimate of drug-likeness (QED) is 0.537. The van der Waals surface area contributed by atoms with Crippen molar-refractivity contribution < 1.29 is 17.9 Å². The van der Waals surface area contributed by atoms with Crippen LogP contribution in [0.1, 0.15) is 11.1 Å². The molecular weight excluding hydrogens is 365 g/mol. The summed E-state index contributed by atoms with van der Waals surface area (Å²) >= 11 is 5.13. The molecule has 0 bridgehead atoms. The Hall–Kier alpha value is -2.94. The number of ether oxygens (including phenoxy) is 1. The number of alkyl halides is 3. The molecule has 2 aromatic carbocycles. The molecule has 0 saturated heterocycles. The Morgan fingerprint density at radius 2 is 1.85 bits per heavy atom. The third-order valence-electron chi connectivity index (χ3n) is 3.58. The molecule has 5 nitrogen and oxygen atoms in total. The number of methoxy groups -OCH3 is 1. The lowest BCUT2D eigenvalue weighted by atomic mass is 10.1. The van der Waals surface area contributed by atoms with Gasteiger partial charge in [-0.2, -0.15) is 28.0 Å². The summed E-state index contributed by atoms with van der Waals surface area (Å²) in [6, 6.07) is 12.1. The molecule has 0 radical (unpaired) electrons. The fourth-order valence-electron chi connectivity index (χ4n) is 2.31. The van der Waals surface area contributed by atoms with Gasteiger partial charge in [-0.3, -0.25) is 0 Å². The summed E-state index contributed by atoms with van der Waals surface area (Å²) in [7, 11) is 1.55. The Balaban J connectivity index is 2.00. The average molecular weight is 378 g/mol. The number of H-pyrrole nitrogens is 1. The SMILES string of the molecule is COc1ccc(-c2n[nH]c(=S)n2N=Cc2ccccc2C(F)(F)F)cc1. The molecule has 0 aliphatic rings. The first-order chi connectivity index (χ1) is 12.4. The van der Waals surface area contributed by atoms with E-state index in [1.807, 2.05) is 0 Å². The van der Waals surface area contributed by atoms with Gasteiger partial charge in [-0.05, 0) is 42.5 Å². The molecule has 0 aliphatic heterocycles. The first-order valence-electron chi connectivity index (χ1n) is 7.42. The fraction of sp³-hybridized carbons (Fsp3) is 0.118. The van der Waals surface area contributed by atoms with Crippen LogP contribution in [0.5, 0.6) is 5.75 Å². The highest BCUT2D eigenvalue weighted by Crippen LogP contribution is 2.31. The highest BCUT2D eigenvalue weighted by atomic mass is 32.1. The van der Waals surface area contributed by atoms with Gasteiger partial charge >= 0.3 is 6.18 Å². The minimum absolute atomic E-state index is 0.0659. The van der Waals surface area contributed by atoms with Crippen molar-refractivity contribution in [1.29, 1.82) is 0 Å². The second-order valence-electron chi connectivity index (χ2n) is 5.22. The maximum atomic E-state index is 13.1. The van der Waals surface area contributed by atoms with Gasteiger partial charge in [0.05, 0.1) is 18.9 Å². The van der Waals surface area contributed by atoms with Crippen LogP contribution in [0.4, 0.5) is 13.2 Å². The van der Waals surface area contributed by atoms with Crippen molar-refractivity contribution in [1.82, 2.24) is 14.9 Å². The lowest BCUT2D eigenvalue weighted by molar-refractivity contribution is -0.137. The number of aromatic amines is 1. The molecule has 134 valence electrons. The number of nitrogens with one attached hydrogen (secondary N) is 1. The summed E-state index contributed by atoms with van der Waals surface area (Å²) < 4.78 is 45.8. The maximum Gasteiger partial charge on any atom is 0.417 e. The number of halogens is 3. The van der Waals surface area contributed by atoms with Crippen LogP contribution >= 0.6 is 12.2 Å². The molecule has 3 aromatic rings. The molecular formula is C17H13F3N4OS. The van der Waals surface area contributed by atoms with Gasteiger partial charge in [0.25, 0.3) is 0 Å². The summed E-state index contributed by atoms with van der Waals surface area (Å²) in [5.41, 5.74) is -0.159. The molecule has 1 aromatic heterocycles. The molecule has 0 atom stereocenters. The Bertz CT molecular complexity index is 990. The standard InChI is InChI=1S/C17H13F3N4OS/c1-25-13-8-6-11(7-9-13)15-22-23-16(26)24(15)21-10-12-4-2-3-5-14(12)17(18,19)20/h2-10H,1H3,(H,23,26). The minimum Gasteiger partial charge on any atom is -0.497 e. The predicted molar refractivity (Wildman–Crippen MR) is 93.8 cm³/mol. The van der Waals surface area contributed by atoms with E-state index in [2.05, 4.69) is 15.3 Å². The van der Waals surface area contributed by atoms with Gasteiger partial charge in [0.2, 0.25) is 4.77 Å². The molecule has 26 heavy (non-hydrogen) atoms. The van der Waals surface area contributed by atoms with Crippen LogP contribution in [0, 0.1) is 4.77 Å². The zero-order valence-electron chi connectivity index (χ0n) is 13.5. The van der Waals surface area contributed by atoms with Crippen LogP contribution in [-0.4, -0.2) is 28.2 Å². The zero-order chi connectivity index (χ0) is 18.7. The van der Waals surface area contributed by atoms with Gasteiger partial charge < -0.3 is 4.74 Å². The van der Waals surface area contributed by atoms with Crippen molar-refractivity contribution in [2.75, 3.05) is 7.11 Å². The van der Waals surface area contributed by atoms with Crippen molar-refractivity contribution in [3.8, 4) is 17.1 Å². The second-order valence-corrected chi connectivity index (χ2v) is 5.61. The van der Waals surface area contributed by atoms with Gasteiger partial charge in [-0.25, -0.2) is 5.10 Å². The highest BCUT2D eigenvalue weighted by Gasteiger charge is 2.32. The number of rotatable bonds is 4. The Morgan fingerprint density at radius 3 is 2.50 bits per heavy atom. The number of hydrogen-bond donors (Lipinski definition) is 1. The second kappa shape index (κ2) is 7.12. The van der Waals surface area contributed by atoms with E-state index in [4.69, 9.17) is 17.0 Å². The Morgan fingerprint density at radius 1 is 1.15 bits per heavy atom. The summed E-state index contributed by atoms with van der Waals surface area (Å²) in [5.74, 6) is 1.04. The summed E-state index contributed by atoms with van der Waals surface area (Å²) in [6.07, 6.45) is -3.36. The predicted octanol–water partition coefficient (Wildman–Crippen LogP) is 4.52. The monoisotopic (exact) mass is 378 g/mol. The minimum atomic E-state index is -4.47. The van der Waals surface area contributed by atoms with E-state index < -0.39 is 11.7 Å². The van der Waals surface area contributed by atoms with E-state index in [9.17, 15) is 13.2 Å². The molecule has 0 saturated carbocycles. The third-order valence-corrected chi connectivity index (χ3v) is 3.84. The molecule has 1 N–H and O–H groups in total. The van der Waals surface area contributed by atoms with Crippen molar-refractivity contribution in [3.05, 3.63) is 64.4 Å². The Kier molecular flexibility index (Phi) is 4.90. The molecule has 0 fully saturated rings. The summed E-state index contributed by atoms with van der Waals surface area (Å²) in [5, 5.41) is 10.8. The zero-order valence-corrected chi connectivity index (χ0v) is 14.3. The number of aromatic nitrogens is 3. The van der Waals surface area contributed by atoms with E-state index in [1.165, 1.54) is 22.9 Å². The number of hydrogen-bond acceptors (Lipinski definition) is 4. The summed E-state index contributed by atoms with van der Waals surface area (Å²) in [4.78, 5) is 0. The molecule has 0 unspecified atom stereocenters. The van der Waals surface area contributed by atoms with Crippen molar-refractivity contribution >= 4 is 18.4 Å². The number of nitrogens with zero attached hydrogens (tertiary/aromatic N) is 3. The Labute approximate surface area is 151 Å². The van der Waals surface area contributed by atoms with Gasteiger partial charge in [0, 0.05) is 11.1 Å². The molecule has 0 aliphatic carbocycles. The van der Waals surface area contributed by atoms with E-state index >= 15 is 0 Å². The topological polar surface area (TPSA) is 55.2 Å². The van der Waals surface area contributed by atoms with Crippen molar-refractivity contribution in [3.63, 3.8) is 0 Å². The van der Waals surface area contributed by atoms with Crippen LogP contribution in [0.25, 0.3) is 11.4 Å². The van der Waals surface area contributed by atoms with Gasteiger partial charge in [-0.15, -0.1) is 0 Å². The van der Waals surface area contributed by atoms with Crippen molar-refractivity contribution in [2.45, 2.75) is 6.18 Å². The maximum absolute atomic E-state index is 13.1. The fourth-order valence-corrected chi connectivity index (χ4v) is 2.49. The van der Waals surface area contributed by atoms with Crippen LogP contribution < -0.4 is 4.74 Å². The van der Waals surface area contributed by atoms with E-state index in [-0.39, 0.29) is 10.3 Å². The first-order valence-corrected chi connectivity index (χ1v) is 7.83. The lowest BCUT2D eigenvalue weighted by Gasteiger charge is -2.09. The van der Waals surface area contributed by atoms with Gasteiger partial charge in [-0.1, -0.05) is 18.2 Å². The van der Waals surface area contributed by atoms with Gasteiger partial charge in [0.15, 0.2) is 5.82 Å². The average Bonchev–Trinajstić information content (AvgIpc) is 3.00. The van der Waals surface area contributed by atoms with E-state index in [0.29, 0.717) is 17.1 Å². The smallest absolute Gasteiger partial charge is 0.417 e. The van der Waals surface area contributed by atoms with E-state index in [1.54, 1.807) is 31.4 Å². The first kappa shape index (κ1) is 17.9. The molecule has 3 rings (SSSR count). The lowest BCUT2D eigenvalue weighted by Crippen LogP contribution is -2.09. The van der Waals surface area contributed by atoms with Crippen LogP contribution in [-0.2, 0) is 6.18 Å². The van der Waals surface area contributed by atoms with E-state index in [0.717, 1.165) is 12.3 Å². The molecule has 1 heterocycles. The highest BCUT2D eigenvalue weighted by molar-refractivity contribution is 7.71. The largest absolute Gasteiger partial charge is 0.497 e. The molecule has 9 heteroatoms. The van der Waals surface area contributed by atoms with Crippen molar-refractivity contribution in [2.24, 2.45) is 5.10 Å². The molecule has 0 amide bonds. The number of benzene rings is 2. The van der Waals surface area contributed by atoms with Crippen LogP contribution in [0.2, 0.25) is 0 Å². The third kappa shape index (κ3) is 3.67. The van der Waals surface area contributed by atoms with Crippen LogP contribution in [0.3, 0.4) is 0 Å².